The van der Waals surface area contributed by atoms with Gasteiger partial charge < -0.3 is 10.1 Å². The van der Waals surface area contributed by atoms with E-state index in [1.807, 2.05) is 11.8 Å². The van der Waals surface area contributed by atoms with Crippen LogP contribution in [0.5, 0.6) is 0 Å². The van der Waals surface area contributed by atoms with E-state index < -0.39 is 0 Å². The van der Waals surface area contributed by atoms with E-state index in [0.717, 1.165) is 31.1 Å². The lowest BCUT2D eigenvalue weighted by Gasteiger charge is -2.32. The van der Waals surface area contributed by atoms with Crippen molar-refractivity contribution in [3.8, 4) is 0 Å². The number of hydrogen-bond donors (Lipinski definition) is 1. The highest BCUT2D eigenvalue weighted by atomic mass is 32.2. The molecule has 0 amide bonds. The molecule has 1 heterocycles. The van der Waals surface area contributed by atoms with Crippen LogP contribution >= 0.6 is 11.8 Å². The number of thioether (sulfide) groups is 1. The molecule has 1 aromatic rings. The van der Waals surface area contributed by atoms with E-state index in [0.29, 0.717) is 12.1 Å². The fourth-order valence-corrected chi connectivity index (χ4v) is 3.45. The Labute approximate surface area is 121 Å². The van der Waals surface area contributed by atoms with Crippen molar-refractivity contribution in [1.29, 1.82) is 0 Å². The molecule has 0 aliphatic carbocycles. The fraction of sp³-hybridized carbons (Fsp3) is 0.625. The first-order valence-electron chi connectivity index (χ1n) is 7.23. The van der Waals surface area contributed by atoms with Crippen LogP contribution in [-0.2, 0) is 4.74 Å². The van der Waals surface area contributed by atoms with Gasteiger partial charge in [0, 0.05) is 11.5 Å². The van der Waals surface area contributed by atoms with E-state index in [1.54, 1.807) is 0 Å². The molecule has 2 rings (SSSR count). The van der Waals surface area contributed by atoms with E-state index in [1.165, 1.54) is 16.7 Å². The maximum absolute atomic E-state index is 6.00. The summed E-state index contributed by atoms with van der Waals surface area (Å²) in [4.78, 5) is 0. The molecule has 0 aromatic heterocycles. The molecule has 1 fully saturated rings. The van der Waals surface area contributed by atoms with Crippen molar-refractivity contribution in [2.24, 2.45) is 0 Å². The predicted molar refractivity (Wildman–Crippen MR) is 84.0 cm³/mol. The standard InChI is InChI=1S/C16H25NOS/c1-4-8-17-16(15-11-19-10-9-18-15)14-7-5-6-12(2)13(14)3/h5-7,15-17H,4,8-11H2,1-3H3. The minimum absolute atomic E-state index is 0.297. The zero-order valence-corrected chi connectivity index (χ0v) is 13.1. The number of ether oxygens (including phenoxy) is 1. The van der Waals surface area contributed by atoms with Crippen LogP contribution in [-0.4, -0.2) is 30.8 Å². The highest BCUT2D eigenvalue weighted by Crippen LogP contribution is 2.28. The normalized spacial score (nSPS) is 21.3. The molecule has 1 saturated heterocycles. The molecule has 106 valence electrons. The van der Waals surface area contributed by atoms with Gasteiger partial charge in [0.05, 0.1) is 18.8 Å². The molecule has 3 heteroatoms. The van der Waals surface area contributed by atoms with Crippen molar-refractivity contribution in [3.63, 3.8) is 0 Å². The molecule has 2 unspecified atom stereocenters. The zero-order chi connectivity index (χ0) is 13.7. The van der Waals surface area contributed by atoms with Gasteiger partial charge >= 0.3 is 0 Å². The number of aryl methyl sites for hydroxylation is 1. The Morgan fingerprint density at radius 2 is 2.26 bits per heavy atom. The number of nitrogens with one attached hydrogen (secondary N) is 1. The third-order valence-electron chi connectivity index (χ3n) is 3.81. The monoisotopic (exact) mass is 279 g/mol. The van der Waals surface area contributed by atoms with Crippen LogP contribution in [0.2, 0.25) is 0 Å². The highest BCUT2D eigenvalue weighted by molar-refractivity contribution is 7.99. The quantitative estimate of drug-likeness (QED) is 0.891. The summed E-state index contributed by atoms with van der Waals surface area (Å²) in [5.41, 5.74) is 4.17. The topological polar surface area (TPSA) is 21.3 Å². The van der Waals surface area contributed by atoms with Gasteiger partial charge in [-0.25, -0.2) is 0 Å². The van der Waals surface area contributed by atoms with Gasteiger partial charge in [-0.05, 0) is 43.5 Å². The molecular formula is C16H25NOS. The van der Waals surface area contributed by atoms with Crippen molar-refractivity contribution in [1.82, 2.24) is 5.32 Å². The summed E-state index contributed by atoms with van der Waals surface area (Å²) in [6, 6.07) is 6.92. The molecule has 1 aromatic carbocycles. The largest absolute Gasteiger partial charge is 0.375 e. The number of benzene rings is 1. The van der Waals surface area contributed by atoms with Crippen molar-refractivity contribution in [2.45, 2.75) is 39.3 Å². The van der Waals surface area contributed by atoms with Gasteiger partial charge in [-0.15, -0.1) is 0 Å². The zero-order valence-electron chi connectivity index (χ0n) is 12.2. The van der Waals surface area contributed by atoms with E-state index in [2.05, 4.69) is 44.3 Å². The third kappa shape index (κ3) is 3.74. The van der Waals surface area contributed by atoms with Gasteiger partial charge in [0.2, 0.25) is 0 Å². The van der Waals surface area contributed by atoms with Gasteiger partial charge in [-0.3, -0.25) is 0 Å². The minimum atomic E-state index is 0.297. The summed E-state index contributed by atoms with van der Waals surface area (Å²) >= 11 is 2.00. The Morgan fingerprint density at radius 1 is 1.42 bits per heavy atom. The first-order chi connectivity index (χ1) is 9.24. The summed E-state index contributed by atoms with van der Waals surface area (Å²) in [7, 11) is 0. The van der Waals surface area contributed by atoms with E-state index in [-0.39, 0.29) is 0 Å². The molecule has 0 radical (unpaired) electrons. The minimum Gasteiger partial charge on any atom is -0.375 e. The smallest absolute Gasteiger partial charge is 0.0860 e. The molecule has 1 aliphatic rings. The van der Waals surface area contributed by atoms with E-state index >= 15 is 0 Å². The van der Waals surface area contributed by atoms with Crippen molar-refractivity contribution < 1.29 is 4.74 Å². The summed E-state index contributed by atoms with van der Waals surface area (Å²) in [5.74, 6) is 2.22. The van der Waals surface area contributed by atoms with Crippen LogP contribution < -0.4 is 5.32 Å². The second-order valence-corrected chi connectivity index (χ2v) is 6.35. The number of hydrogen-bond acceptors (Lipinski definition) is 3. The SMILES string of the molecule is CCCNC(c1cccc(C)c1C)C1CSCCO1. The van der Waals surface area contributed by atoms with Crippen LogP contribution in [0, 0.1) is 13.8 Å². The van der Waals surface area contributed by atoms with Crippen LogP contribution in [0.15, 0.2) is 18.2 Å². The average molecular weight is 279 g/mol. The molecule has 1 N–H and O–H groups in total. The maximum atomic E-state index is 6.00. The number of rotatable bonds is 5. The first kappa shape index (κ1) is 14.9. The average Bonchev–Trinajstić information content (AvgIpc) is 2.45. The lowest BCUT2D eigenvalue weighted by Crippen LogP contribution is -2.39. The van der Waals surface area contributed by atoms with Crippen LogP contribution in [0.1, 0.15) is 36.1 Å². The molecule has 19 heavy (non-hydrogen) atoms. The molecule has 1 aliphatic heterocycles. The highest BCUT2D eigenvalue weighted by Gasteiger charge is 2.27. The summed E-state index contributed by atoms with van der Waals surface area (Å²) in [6.45, 7) is 8.55. The van der Waals surface area contributed by atoms with Crippen LogP contribution in [0.3, 0.4) is 0 Å². The summed E-state index contributed by atoms with van der Waals surface area (Å²) in [6.07, 6.45) is 1.45. The fourth-order valence-electron chi connectivity index (χ4n) is 2.55. The molecular weight excluding hydrogens is 254 g/mol. The van der Waals surface area contributed by atoms with Gasteiger partial charge in [0.1, 0.15) is 0 Å². The Kier molecular flexibility index (Phi) is 5.74. The first-order valence-corrected chi connectivity index (χ1v) is 8.38. The lowest BCUT2D eigenvalue weighted by atomic mass is 9.94. The lowest BCUT2D eigenvalue weighted by molar-refractivity contribution is 0.0466. The van der Waals surface area contributed by atoms with Gasteiger partial charge in [0.25, 0.3) is 0 Å². The van der Waals surface area contributed by atoms with E-state index in [4.69, 9.17) is 4.74 Å². The van der Waals surface area contributed by atoms with E-state index in [9.17, 15) is 0 Å². The summed E-state index contributed by atoms with van der Waals surface area (Å²) in [5, 5.41) is 3.69. The molecule has 0 spiro atoms. The van der Waals surface area contributed by atoms with Crippen LogP contribution in [0.4, 0.5) is 0 Å². The van der Waals surface area contributed by atoms with Crippen molar-refractivity contribution in [3.05, 3.63) is 34.9 Å². The molecule has 2 atom stereocenters. The maximum Gasteiger partial charge on any atom is 0.0860 e. The Bertz CT molecular complexity index is 402. The second kappa shape index (κ2) is 7.32. The molecule has 2 nitrogen and oxygen atoms in total. The van der Waals surface area contributed by atoms with Crippen molar-refractivity contribution >= 4 is 11.8 Å². The predicted octanol–water partition coefficient (Wildman–Crippen LogP) is 3.48. The van der Waals surface area contributed by atoms with Crippen LogP contribution in [0.25, 0.3) is 0 Å². The van der Waals surface area contributed by atoms with Gasteiger partial charge in [-0.2, -0.15) is 11.8 Å². The molecule has 0 bridgehead atoms. The van der Waals surface area contributed by atoms with Crippen molar-refractivity contribution in [2.75, 3.05) is 24.7 Å². The molecule has 0 saturated carbocycles. The Morgan fingerprint density at radius 3 is 2.95 bits per heavy atom. The summed E-state index contributed by atoms with van der Waals surface area (Å²) < 4.78 is 6.00. The van der Waals surface area contributed by atoms with Gasteiger partial charge in [0.15, 0.2) is 0 Å². The Balaban J connectivity index is 2.22. The Hall–Kier alpha value is -0.510. The second-order valence-electron chi connectivity index (χ2n) is 5.21. The van der Waals surface area contributed by atoms with Gasteiger partial charge in [-0.1, -0.05) is 25.1 Å². The third-order valence-corrected chi connectivity index (χ3v) is 4.83.